The molecule has 0 unspecified atom stereocenters. The first kappa shape index (κ1) is 23.3. The molecule has 0 saturated heterocycles. The van der Waals surface area contributed by atoms with Gasteiger partial charge >= 0.3 is 0 Å². The topological polar surface area (TPSA) is 42.5 Å². The second-order valence-electron chi connectivity index (χ2n) is 7.08. The van der Waals surface area contributed by atoms with Gasteiger partial charge < -0.3 is 20.1 Å². The Morgan fingerprint density at radius 3 is 1.34 bits per heavy atom. The van der Waals surface area contributed by atoms with E-state index in [0.717, 1.165) is 33.9 Å². The predicted octanol–water partition coefficient (Wildman–Crippen LogP) is 6.67. The summed E-state index contributed by atoms with van der Waals surface area (Å²) in [6, 6.07) is 28.8. The molecule has 0 saturated carbocycles. The Balaban J connectivity index is 1.89. The predicted molar refractivity (Wildman–Crippen MR) is 136 cm³/mol. The van der Waals surface area contributed by atoms with Crippen molar-refractivity contribution in [2.24, 2.45) is 0 Å². The average molecular weight is 429 g/mol. The lowest BCUT2D eigenvalue weighted by Crippen LogP contribution is -2.06. The lowest BCUT2D eigenvalue weighted by molar-refractivity contribution is 0.177. The molecule has 0 radical (unpaired) electrons. The van der Waals surface area contributed by atoms with E-state index in [4.69, 9.17) is 9.47 Å². The minimum absolute atomic E-state index is 0.548. The first-order valence-electron chi connectivity index (χ1n) is 11.1. The smallest absolute Gasteiger partial charge is 0.0670 e. The van der Waals surface area contributed by atoms with Crippen LogP contribution in [0.3, 0.4) is 0 Å². The zero-order chi connectivity index (χ0) is 22.4. The molecular formula is C28H32N2O2. The van der Waals surface area contributed by atoms with Crippen LogP contribution in [-0.2, 0) is 9.47 Å². The Morgan fingerprint density at radius 1 is 0.594 bits per heavy atom. The van der Waals surface area contributed by atoms with Crippen LogP contribution in [-0.4, -0.2) is 26.4 Å². The van der Waals surface area contributed by atoms with Crippen LogP contribution in [0.25, 0.3) is 11.4 Å². The second-order valence-corrected chi connectivity index (χ2v) is 7.08. The second kappa shape index (κ2) is 13.2. The molecule has 2 N–H and O–H groups in total. The normalized spacial score (nSPS) is 11.9. The van der Waals surface area contributed by atoms with Gasteiger partial charge in [-0.25, -0.2) is 0 Å². The van der Waals surface area contributed by atoms with E-state index >= 15 is 0 Å². The Morgan fingerprint density at radius 2 is 0.969 bits per heavy atom. The lowest BCUT2D eigenvalue weighted by Gasteiger charge is -2.18. The lowest BCUT2D eigenvalue weighted by atomic mass is 10.1. The molecular weight excluding hydrogens is 396 g/mol. The van der Waals surface area contributed by atoms with Crippen molar-refractivity contribution in [3.05, 3.63) is 108 Å². The van der Waals surface area contributed by atoms with Crippen molar-refractivity contribution < 1.29 is 9.47 Å². The van der Waals surface area contributed by atoms with E-state index in [1.165, 1.54) is 0 Å². The van der Waals surface area contributed by atoms with Gasteiger partial charge in [-0.2, -0.15) is 0 Å². The Labute approximate surface area is 191 Å². The molecule has 0 aliphatic heterocycles. The first-order valence-corrected chi connectivity index (χ1v) is 11.1. The van der Waals surface area contributed by atoms with E-state index < -0.39 is 0 Å². The molecule has 4 nitrogen and oxygen atoms in total. The van der Waals surface area contributed by atoms with Crippen molar-refractivity contribution in [2.45, 2.75) is 13.8 Å². The van der Waals surface area contributed by atoms with Gasteiger partial charge in [0.05, 0.1) is 24.6 Å². The quantitative estimate of drug-likeness (QED) is 0.316. The average Bonchev–Trinajstić information content (AvgIpc) is 2.85. The van der Waals surface area contributed by atoms with E-state index in [-0.39, 0.29) is 0 Å². The maximum absolute atomic E-state index is 5.58. The van der Waals surface area contributed by atoms with Crippen LogP contribution in [0.4, 0.5) is 11.4 Å². The molecule has 4 heteroatoms. The number of benzene rings is 3. The van der Waals surface area contributed by atoms with Crippen LogP contribution in [0, 0.1) is 0 Å². The third-order valence-corrected chi connectivity index (χ3v) is 4.85. The highest BCUT2D eigenvalue weighted by atomic mass is 16.5. The largest absolute Gasteiger partial charge is 0.378 e. The molecule has 0 amide bonds. The standard InChI is InChI=1S/C28H32N2O2/c1-3-31-21-19-25(23-13-7-5-8-14-23)29-27-17-11-12-18-28(27)30-26(20-22-32-4-2)24-15-9-6-10-16-24/h5-20,29-30H,3-4,21-22H2,1-2H3/b25-19+,26-20+. The molecule has 166 valence electrons. The Hall–Kier alpha value is -3.34. The van der Waals surface area contributed by atoms with Gasteiger partial charge in [-0.1, -0.05) is 72.8 Å². The van der Waals surface area contributed by atoms with Gasteiger partial charge in [0.15, 0.2) is 0 Å². The van der Waals surface area contributed by atoms with E-state index in [1.807, 2.05) is 62.4 Å². The molecule has 0 aromatic heterocycles. The number of nitrogens with one attached hydrogen (secondary N) is 2. The molecule has 0 atom stereocenters. The fourth-order valence-corrected chi connectivity index (χ4v) is 3.23. The fourth-order valence-electron chi connectivity index (χ4n) is 3.23. The van der Waals surface area contributed by atoms with Crippen molar-refractivity contribution in [2.75, 3.05) is 37.1 Å². The summed E-state index contributed by atoms with van der Waals surface area (Å²) in [5.41, 5.74) is 6.20. The monoisotopic (exact) mass is 428 g/mol. The van der Waals surface area contributed by atoms with Crippen molar-refractivity contribution in [3.8, 4) is 0 Å². The van der Waals surface area contributed by atoms with Crippen LogP contribution in [0.5, 0.6) is 0 Å². The number of hydrogen-bond donors (Lipinski definition) is 2. The van der Waals surface area contributed by atoms with Crippen molar-refractivity contribution >= 4 is 22.8 Å². The minimum atomic E-state index is 0.548. The zero-order valence-electron chi connectivity index (χ0n) is 18.9. The van der Waals surface area contributed by atoms with Crippen molar-refractivity contribution in [1.29, 1.82) is 0 Å². The van der Waals surface area contributed by atoms with Crippen LogP contribution in [0.15, 0.2) is 97.1 Å². The van der Waals surface area contributed by atoms with E-state index in [1.54, 1.807) is 0 Å². The number of para-hydroxylation sites is 2. The summed E-state index contributed by atoms with van der Waals surface area (Å²) < 4.78 is 11.2. The molecule has 0 bridgehead atoms. The third kappa shape index (κ3) is 7.12. The molecule has 0 aliphatic carbocycles. The summed E-state index contributed by atoms with van der Waals surface area (Å²) in [5, 5.41) is 7.21. The first-order chi connectivity index (χ1) is 15.8. The van der Waals surface area contributed by atoms with Crippen LogP contribution >= 0.6 is 0 Å². The molecule has 0 heterocycles. The number of hydrogen-bond acceptors (Lipinski definition) is 4. The van der Waals surface area contributed by atoms with Gasteiger partial charge in [0.1, 0.15) is 0 Å². The summed E-state index contributed by atoms with van der Waals surface area (Å²) in [4.78, 5) is 0. The highest BCUT2D eigenvalue weighted by molar-refractivity contribution is 5.88. The molecule has 3 rings (SSSR count). The van der Waals surface area contributed by atoms with Crippen LogP contribution in [0.2, 0.25) is 0 Å². The SMILES string of the molecule is CCOC/C=C(/Nc1ccccc1N/C(=C/COCC)c1ccccc1)c1ccccc1. The molecule has 0 aliphatic rings. The van der Waals surface area contributed by atoms with E-state index in [2.05, 4.69) is 59.2 Å². The van der Waals surface area contributed by atoms with Gasteiger partial charge in [-0.05, 0) is 49.3 Å². The van der Waals surface area contributed by atoms with Gasteiger partial charge in [-0.3, -0.25) is 0 Å². The van der Waals surface area contributed by atoms with Gasteiger partial charge in [0.25, 0.3) is 0 Å². The van der Waals surface area contributed by atoms with E-state index in [0.29, 0.717) is 26.4 Å². The van der Waals surface area contributed by atoms with Crippen molar-refractivity contribution in [1.82, 2.24) is 0 Å². The maximum atomic E-state index is 5.58. The zero-order valence-corrected chi connectivity index (χ0v) is 18.9. The van der Waals surface area contributed by atoms with E-state index in [9.17, 15) is 0 Å². The summed E-state index contributed by atoms with van der Waals surface area (Å²) in [6.45, 7) is 6.47. The summed E-state index contributed by atoms with van der Waals surface area (Å²) >= 11 is 0. The van der Waals surface area contributed by atoms with Gasteiger partial charge in [-0.15, -0.1) is 0 Å². The highest BCUT2D eigenvalue weighted by Crippen LogP contribution is 2.29. The molecule has 0 fully saturated rings. The molecule has 32 heavy (non-hydrogen) atoms. The summed E-state index contributed by atoms with van der Waals surface area (Å²) in [7, 11) is 0. The summed E-state index contributed by atoms with van der Waals surface area (Å²) in [6.07, 6.45) is 4.16. The highest BCUT2D eigenvalue weighted by Gasteiger charge is 2.09. The van der Waals surface area contributed by atoms with Crippen LogP contribution < -0.4 is 10.6 Å². The number of ether oxygens (including phenoxy) is 2. The third-order valence-electron chi connectivity index (χ3n) is 4.85. The number of anilines is 2. The molecule has 3 aromatic carbocycles. The molecule has 3 aromatic rings. The van der Waals surface area contributed by atoms with Crippen LogP contribution in [0.1, 0.15) is 25.0 Å². The minimum Gasteiger partial charge on any atom is -0.378 e. The fraction of sp³-hybridized carbons (Fsp3) is 0.214. The number of rotatable bonds is 12. The Kier molecular flexibility index (Phi) is 9.59. The summed E-state index contributed by atoms with van der Waals surface area (Å²) in [5.74, 6) is 0. The van der Waals surface area contributed by atoms with Gasteiger partial charge in [0, 0.05) is 24.6 Å². The molecule has 0 spiro atoms. The van der Waals surface area contributed by atoms with Gasteiger partial charge in [0.2, 0.25) is 0 Å². The van der Waals surface area contributed by atoms with Crippen molar-refractivity contribution in [3.63, 3.8) is 0 Å². The maximum Gasteiger partial charge on any atom is 0.0670 e. The Bertz CT molecular complexity index is 916.